The molecule has 0 aromatic carbocycles. The van der Waals surface area contributed by atoms with Crippen LogP contribution in [0.2, 0.25) is 0 Å². The van der Waals surface area contributed by atoms with Crippen molar-refractivity contribution in [2.75, 3.05) is 7.05 Å². The Balaban J connectivity index is 2.35. The van der Waals surface area contributed by atoms with E-state index in [1.807, 2.05) is 18.8 Å². The van der Waals surface area contributed by atoms with Gasteiger partial charge in [0.25, 0.3) is 0 Å². The molecule has 1 unspecified atom stereocenters. The van der Waals surface area contributed by atoms with E-state index >= 15 is 0 Å². The number of aromatic nitrogens is 2. The van der Waals surface area contributed by atoms with Crippen molar-refractivity contribution in [3.05, 3.63) is 11.7 Å². The van der Waals surface area contributed by atoms with Crippen LogP contribution in [0.25, 0.3) is 0 Å². The van der Waals surface area contributed by atoms with Crippen LogP contribution in [-0.4, -0.2) is 22.4 Å². The highest BCUT2D eigenvalue weighted by atomic mass is 32.2. The molecule has 80 valence electrons. The van der Waals surface area contributed by atoms with E-state index in [0.717, 1.165) is 11.6 Å². The van der Waals surface area contributed by atoms with Gasteiger partial charge in [-0.25, -0.2) is 0 Å². The van der Waals surface area contributed by atoms with E-state index in [9.17, 15) is 0 Å². The lowest BCUT2D eigenvalue weighted by Gasteiger charge is -2.04. The molecule has 0 spiro atoms. The second-order valence-electron chi connectivity index (χ2n) is 3.16. The molecule has 0 radical (unpaired) electrons. The summed E-state index contributed by atoms with van der Waals surface area (Å²) >= 11 is 1.86. The summed E-state index contributed by atoms with van der Waals surface area (Å²) in [5, 5.41) is 7.52. The van der Waals surface area contributed by atoms with Crippen molar-refractivity contribution in [1.29, 1.82) is 0 Å². The van der Waals surface area contributed by atoms with Crippen LogP contribution in [0.4, 0.5) is 0 Å². The molecule has 0 saturated heterocycles. The summed E-state index contributed by atoms with van der Waals surface area (Å²) in [6.45, 7) is 5.03. The van der Waals surface area contributed by atoms with E-state index in [1.165, 1.54) is 6.42 Å². The highest BCUT2D eigenvalue weighted by Gasteiger charge is 2.07. The summed E-state index contributed by atoms with van der Waals surface area (Å²) in [7, 11) is 1.86. The van der Waals surface area contributed by atoms with E-state index in [2.05, 4.69) is 29.3 Å². The molecule has 1 aromatic rings. The largest absolute Gasteiger partial charge is 0.338 e. The Morgan fingerprint density at radius 2 is 2.36 bits per heavy atom. The summed E-state index contributed by atoms with van der Waals surface area (Å²) in [5.41, 5.74) is 0. The van der Waals surface area contributed by atoms with E-state index < -0.39 is 0 Å². The maximum atomic E-state index is 5.03. The van der Waals surface area contributed by atoms with Crippen molar-refractivity contribution in [1.82, 2.24) is 15.5 Å². The first-order chi connectivity index (χ1) is 6.76. The third-order valence-electron chi connectivity index (χ3n) is 1.91. The smallest absolute Gasteiger partial charge is 0.240 e. The first kappa shape index (κ1) is 11.5. The number of hydrogen-bond donors (Lipinski definition) is 1. The minimum absolute atomic E-state index is 0.640. The van der Waals surface area contributed by atoms with Gasteiger partial charge in [-0.1, -0.05) is 19.0 Å². The highest BCUT2D eigenvalue weighted by molar-refractivity contribution is 7.99. The molecule has 0 fully saturated rings. The molecule has 4 nitrogen and oxygen atoms in total. The quantitative estimate of drug-likeness (QED) is 0.784. The summed E-state index contributed by atoms with van der Waals surface area (Å²) in [4.78, 5) is 4.25. The molecule has 0 saturated carbocycles. The Morgan fingerprint density at radius 1 is 1.57 bits per heavy atom. The Kier molecular flexibility index (Phi) is 4.97. The van der Waals surface area contributed by atoms with Gasteiger partial charge in [0.15, 0.2) is 5.82 Å². The minimum Gasteiger partial charge on any atom is -0.338 e. The summed E-state index contributed by atoms with van der Waals surface area (Å²) < 4.78 is 5.03. The second kappa shape index (κ2) is 6.03. The fourth-order valence-corrected chi connectivity index (χ4v) is 1.69. The standard InChI is InChI=1S/C9H17N3OS/c1-4-7(2)14-6-8-11-9(5-10-3)13-12-8/h7,10H,4-6H2,1-3H3. The van der Waals surface area contributed by atoms with Crippen LogP contribution in [0.3, 0.4) is 0 Å². The van der Waals surface area contributed by atoms with Gasteiger partial charge in [0.05, 0.1) is 12.3 Å². The number of nitrogens with one attached hydrogen (secondary N) is 1. The van der Waals surface area contributed by atoms with Gasteiger partial charge in [-0.2, -0.15) is 16.7 Å². The van der Waals surface area contributed by atoms with Crippen molar-refractivity contribution in [2.45, 2.75) is 37.8 Å². The lowest BCUT2D eigenvalue weighted by atomic mass is 10.4. The van der Waals surface area contributed by atoms with Gasteiger partial charge in [0.1, 0.15) is 0 Å². The van der Waals surface area contributed by atoms with Crippen molar-refractivity contribution < 1.29 is 4.52 Å². The van der Waals surface area contributed by atoms with E-state index in [1.54, 1.807) is 0 Å². The normalized spacial score (nSPS) is 13.1. The topological polar surface area (TPSA) is 51.0 Å². The third kappa shape index (κ3) is 3.67. The third-order valence-corrected chi connectivity index (χ3v) is 3.24. The lowest BCUT2D eigenvalue weighted by Crippen LogP contribution is -2.05. The molecule has 5 heteroatoms. The molecule has 0 aliphatic heterocycles. The molecule has 0 aliphatic carbocycles. The average Bonchev–Trinajstić information content (AvgIpc) is 2.63. The molecule has 1 atom stereocenters. The zero-order valence-electron chi connectivity index (χ0n) is 8.91. The van der Waals surface area contributed by atoms with Crippen LogP contribution in [0.15, 0.2) is 4.52 Å². The van der Waals surface area contributed by atoms with Gasteiger partial charge in [0, 0.05) is 5.25 Å². The van der Waals surface area contributed by atoms with Crippen LogP contribution < -0.4 is 5.32 Å². The van der Waals surface area contributed by atoms with Gasteiger partial charge in [-0.3, -0.25) is 0 Å². The summed E-state index contributed by atoms with van der Waals surface area (Å²) in [6, 6.07) is 0. The Hall–Kier alpha value is -0.550. The van der Waals surface area contributed by atoms with Gasteiger partial charge in [-0.15, -0.1) is 0 Å². The number of nitrogens with zero attached hydrogens (tertiary/aromatic N) is 2. The van der Waals surface area contributed by atoms with Crippen molar-refractivity contribution in [3.8, 4) is 0 Å². The molecule has 1 N–H and O–H groups in total. The zero-order valence-corrected chi connectivity index (χ0v) is 9.73. The van der Waals surface area contributed by atoms with Crippen molar-refractivity contribution >= 4 is 11.8 Å². The molecular formula is C9H17N3OS. The second-order valence-corrected chi connectivity index (χ2v) is 4.59. The van der Waals surface area contributed by atoms with Crippen molar-refractivity contribution in [3.63, 3.8) is 0 Å². The van der Waals surface area contributed by atoms with Crippen LogP contribution in [0.5, 0.6) is 0 Å². The van der Waals surface area contributed by atoms with Crippen LogP contribution >= 0.6 is 11.8 Å². The molecule has 14 heavy (non-hydrogen) atoms. The Labute approximate surface area is 88.8 Å². The van der Waals surface area contributed by atoms with Crippen LogP contribution in [0.1, 0.15) is 32.0 Å². The van der Waals surface area contributed by atoms with Crippen LogP contribution in [-0.2, 0) is 12.3 Å². The van der Waals surface area contributed by atoms with E-state index in [0.29, 0.717) is 17.7 Å². The maximum Gasteiger partial charge on any atom is 0.240 e. The van der Waals surface area contributed by atoms with Gasteiger partial charge in [-0.05, 0) is 13.5 Å². The molecule has 1 heterocycles. The van der Waals surface area contributed by atoms with Gasteiger partial charge >= 0.3 is 0 Å². The minimum atomic E-state index is 0.640. The van der Waals surface area contributed by atoms with Crippen molar-refractivity contribution in [2.24, 2.45) is 0 Å². The fraction of sp³-hybridized carbons (Fsp3) is 0.778. The monoisotopic (exact) mass is 215 g/mol. The molecule has 0 aliphatic rings. The highest BCUT2D eigenvalue weighted by Crippen LogP contribution is 2.17. The molecule has 0 bridgehead atoms. The van der Waals surface area contributed by atoms with E-state index in [4.69, 9.17) is 4.52 Å². The number of thioether (sulfide) groups is 1. The van der Waals surface area contributed by atoms with Crippen LogP contribution in [0, 0.1) is 0 Å². The first-order valence-corrected chi connectivity index (χ1v) is 5.88. The SMILES string of the molecule is CCC(C)SCc1noc(CNC)n1. The van der Waals surface area contributed by atoms with E-state index in [-0.39, 0.29) is 0 Å². The first-order valence-electron chi connectivity index (χ1n) is 4.84. The summed E-state index contributed by atoms with van der Waals surface area (Å²) in [6.07, 6.45) is 1.17. The number of rotatable bonds is 6. The Morgan fingerprint density at radius 3 is 3.00 bits per heavy atom. The molecule has 0 amide bonds. The molecular weight excluding hydrogens is 198 g/mol. The molecule has 1 rings (SSSR count). The predicted molar refractivity (Wildman–Crippen MR) is 58.1 cm³/mol. The van der Waals surface area contributed by atoms with Gasteiger partial charge in [0.2, 0.25) is 5.89 Å². The average molecular weight is 215 g/mol. The maximum absolute atomic E-state index is 5.03. The number of hydrogen-bond acceptors (Lipinski definition) is 5. The van der Waals surface area contributed by atoms with Gasteiger partial charge < -0.3 is 9.84 Å². The summed E-state index contributed by atoms with van der Waals surface area (Å²) in [5.74, 6) is 2.29. The Bertz CT molecular complexity index is 264. The molecule has 1 aromatic heterocycles. The fourth-order valence-electron chi connectivity index (χ4n) is 0.906. The zero-order chi connectivity index (χ0) is 10.4. The lowest BCUT2D eigenvalue weighted by molar-refractivity contribution is 0.368. The predicted octanol–water partition coefficient (Wildman–Crippen LogP) is 1.82.